The molecule has 0 amide bonds. The molecule has 14 heavy (non-hydrogen) atoms. The van der Waals surface area contributed by atoms with E-state index in [0.29, 0.717) is 6.54 Å². The lowest BCUT2D eigenvalue weighted by Gasteiger charge is -1.98. The summed E-state index contributed by atoms with van der Waals surface area (Å²) < 4.78 is 5.23. The quantitative estimate of drug-likeness (QED) is 0.787. The van der Waals surface area contributed by atoms with E-state index in [-0.39, 0.29) is 0 Å². The molecule has 0 aliphatic rings. The molecular weight excluding hydrogens is 176 g/mol. The molecule has 0 bridgehead atoms. The minimum absolute atomic E-state index is 0.606. The van der Waals surface area contributed by atoms with Crippen LogP contribution < -0.4 is 5.73 Å². The van der Waals surface area contributed by atoms with Crippen LogP contribution in [0.1, 0.15) is 16.8 Å². The van der Waals surface area contributed by atoms with Crippen LogP contribution in [0.25, 0.3) is 11.0 Å². The largest absolute Gasteiger partial charge is 0.356 e. The lowest BCUT2D eigenvalue weighted by Crippen LogP contribution is -2.02. The first-order valence-corrected chi connectivity index (χ1v) is 4.78. The van der Waals surface area contributed by atoms with Gasteiger partial charge in [-0.3, -0.25) is 0 Å². The number of benzene rings is 1. The van der Waals surface area contributed by atoms with Gasteiger partial charge in [0.05, 0.1) is 5.69 Å². The van der Waals surface area contributed by atoms with Crippen molar-refractivity contribution in [3.05, 3.63) is 29.0 Å². The van der Waals surface area contributed by atoms with Crippen LogP contribution >= 0.6 is 0 Å². The summed E-state index contributed by atoms with van der Waals surface area (Å²) in [4.78, 5) is 0. The van der Waals surface area contributed by atoms with Crippen LogP contribution in [-0.2, 0) is 6.42 Å². The van der Waals surface area contributed by atoms with Gasteiger partial charge in [0, 0.05) is 11.8 Å². The van der Waals surface area contributed by atoms with Crippen molar-refractivity contribution in [1.29, 1.82) is 0 Å². The Balaban J connectivity index is 2.61. The first-order valence-electron chi connectivity index (χ1n) is 4.78. The fourth-order valence-electron chi connectivity index (χ4n) is 1.56. The van der Waals surface area contributed by atoms with Crippen LogP contribution in [0.5, 0.6) is 0 Å². The van der Waals surface area contributed by atoms with Crippen LogP contribution in [0.15, 0.2) is 16.7 Å². The molecule has 0 unspecified atom stereocenters. The minimum Gasteiger partial charge on any atom is -0.356 e. The van der Waals surface area contributed by atoms with Crippen molar-refractivity contribution in [1.82, 2.24) is 5.16 Å². The predicted molar refractivity (Wildman–Crippen MR) is 56.2 cm³/mol. The molecule has 74 valence electrons. The summed E-state index contributed by atoms with van der Waals surface area (Å²) in [5, 5.41) is 5.11. The number of aromatic nitrogens is 1. The van der Waals surface area contributed by atoms with Gasteiger partial charge in [0.25, 0.3) is 0 Å². The summed E-state index contributed by atoms with van der Waals surface area (Å²) >= 11 is 0. The summed E-state index contributed by atoms with van der Waals surface area (Å²) in [7, 11) is 0. The monoisotopic (exact) mass is 190 g/mol. The van der Waals surface area contributed by atoms with E-state index in [1.165, 1.54) is 11.1 Å². The molecule has 1 heterocycles. The lowest BCUT2D eigenvalue weighted by atomic mass is 10.1. The Morgan fingerprint density at radius 2 is 2.00 bits per heavy atom. The van der Waals surface area contributed by atoms with E-state index < -0.39 is 0 Å². The van der Waals surface area contributed by atoms with Crippen molar-refractivity contribution in [2.45, 2.75) is 20.3 Å². The average molecular weight is 190 g/mol. The molecule has 0 fully saturated rings. The Kier molecular flexibility index (Phi) is 2.25. The van der Waals surface area contributed by atoms with Gasteiger partial charge in [-0.25, -0.2) is 0 Å². The van der Waals surface area contributed by atoms with E-state index >= 15 is 0 Å². The maximum Gasteiger partial charge on any atom is 0.167 e. The molecule has 0 aliphatic heterocycles. The third-order valence-electron chi connectivity index (χ3n) is 2.54. The van der Waals surface area contributed by atoms with E-state index in [0.717, 1.165) is 23.1 Å². The Bertz CT molecular complexity index is 460. The first kappa shape index (κ1) is 9.21. The normalized spacial score (nSPS) is 11.1. The van der Waals surface area contributed by atoms with Gasteiger partial charge >= 0.3 is 0 Å². The number of nitrogens with zero attached hydrogens (tertiary/aromatic N) is 1. The number of aryl methyl sites for hydroxylation is 2. The molecule has 3 heteroatoms. The molecule has 0 saturated carbocycles. The standard InChI is InChI=1S/C11H14N2O/c1-7-5-9-10(3-4-12)13-14-11(9)6-8(7)2/h5-6H,3-4,12H2,1-2H3. The molecule has 1 aromatic heterocycles. The second-order valence-electron chi connectivity index (χ2n) is 3.60. The summed E-state index contributed by atoms with van der Waals surface area (Å²) in [6, 6.07) is 4.14. The highest BCUT2D eigenvalue weighted by Crippen LogP contribution is 2.22. The predicted octanol–water partition coefficient (Wildman–Crippen LogP) is 1.95. The molecule has 0 spiro atoms. The molecule has 0 atom stereocenters. The van der Waals surface area contributed by atoms with Gasteiger partial charge in [-0.15, -0.1) is 0 Å². The van der Waals surface area contributed by atoms with E-state index in [1.54, 1.807) is 0 Å². The summed E-state index contributed by atoms with van der Waals surface area (Å²) in [6.07, 6.45) is 0.773. The maximum absolute atomic E-state index is 5.50. The third kappa shape index (κ3) is 1.40. The van der Waals surface area contributed by atoms with Crippen LogP contribution in [0.4, 0.5) is 0 Å². The Labute approximate surface area is 82.9 Å². The van der Waals surface area contributed by atoms with Crippen molar-refractivity contribution >= 4 is 11.0 Å². The summed E-state index contributed by atoms with van der Waals surface area (Å²) in [5.74, 6) is 0. The molecule has 0 radical (unpaired) electrons. The summed E-state index contributed by atoms with van der Waals surface area (Å²) in [5.41, 5.74) is 9.81. The third-order valence-corrected chi connectivity index (χ3v) is 2.54. The highest BCUT2D eigenvalue weighted by Gasteiger charge is 2.08. The van der Waals surface area contributed by atoms with Crippen molar-refractivity contribution in [3.8, 4) is 0 Å². The molecular formula is C11H14N2O. The van der Waals surface area contributed by atoms with Crippen molar-refractivity contribution in [2.75, 3.05) is 6.54 Å². The molecule has 2 N–H and O–H groups in total. The minimum atomic E-state index is 0.606. The smallest absolute Gasteiger partial charge is 0.167 e. The van der Waals surface area contributed by atoms with E-state index in [4.69, 9.17) is 10.3 Å². The van der Waals surface area contributed by atoms with Gasteiger partial charge in [-0.05, 0) is 43.7 Å². The molecule has 0 saturated heterocycles. The molecule has 3 nitrogen and oxygen atoms in total. The van der Waals surface area contributed by atoms with Crippen molar-refractivity contribution in [3.63, 3.8) is 0 Å². The zero-order chi connectivity index (χ0) is 10.1. The summed E-state index contributed by atoms with van der Waals surface area (Å²) in [6.45, 7) is 4.77. The van der Waals surface area contributed by atoms with Crippen LogP contribution in [-0.4, -0.2) is 11.7 Å². The molecule has 2 rings (SSSR count). The maximum atomic E-state index is 5.50. The highest BCUT2D eigenvalue weighted by molar-refractivity contribution is 5.81. The van der Waals surface area contributed by atoms with Gasteiger partial charge in [0.1, 0.15) is 0 Å². The topological polar surface area (TPSA) is 52.0 Å². The fraction of sp³-hybridized carbons (Fsp3) is 0.364. The Morgan fingerprint density at radius 3 is 2.71 bits per heavy atom. The van der Waals surface area contributed by atoms with Gasteiger partial charge in [-0.1, -0.05) is 5.16 Å². The Morgan fingerprint density at radius 1 is 1.29 bits per heavy atom. The second kappa shape index (κ2) is 3.42. The van der Waals surface area contributed by atoms with Gasteiger partial charge in [0.2, 0.25) is 0 Å². The van der Waals surface area contributed by atoms with E-state index in [2.05, 4.69) is 25.1 Å². The zero-order valence-corrected chi connectivity index (χ0v) is 8.50. The van der Waals surface area contributed by atoms with Crippen LogP contribution in [0.2, 0.25) is 0 Å². The van der Waals surface area contributed by atoms with Gasteiger partial charge < -0.3 is 10.3 Å². The highest BCUT2D eigenvalue weighted by atomic mass is 16.5. The molecule has 1 aromatic carbocycles. The second-order valence-corrected chi connectivity index (χ2v) is 3.60. The number of rotatable bonds is 2. The fourth-order valence-corrected chi connectivity index (χ4v) is 1.56. The molecule has 0 aliphatic carbocycles. The van der Waals surface area contributed by atoms with E-state index in [9.17, 15) is 0 Å². The Hall–Kier alpha value is -1.35. The number of fused-ring (bicyclic) bond motifs is 1. The van der Waals surface area contributed by atoms with Crippen LogP contribution in [0.3, 0.4) is 0 Å². The van der Waals surface area contributed by atoms with Crippen LogP contribution in [0, 0.1) is 13.8 Å². The SMILES string of the molecule is Cc1cc2onc(CCN)c2cc1C. The van der Waals surface area contributed by atoms with E-state index in [1.807, 2.05) is 6.07 Å². The zero-order valence-electron chi connectivity index (χ0n) is 8.50. The number of hydrogen-bond acceptors (Lipinski definition) is 3. The van der Waals surface area contributed by atoms with Crippen molar-refractivity contribution < 1.29 is 4.52 Å². The van der Waals surface area contributed by atoms with Gasteiger partial charge in [-0.2, -0.15) is 0 Å². The molecule has 2 aromatic rings. The lowest BCUT2D eigenvalue weighted by molar-refractivity contribution is 0.446. The number of hydrogen-bond donors (Lipinski definition) is 1. The van der Waals surface area contributed by atoms with Crippen molar-refractivity contribution in [2.24, 2.45) is 5.73 Å². The number of nitrogens with two attached hydrogens (primary N) is 1. The van der Waals surface area contributed by atoms with Gasteiger partial charge in [0.15, 0.2) is 5.58 Å². The average Bonchev–Trinajstić information content (AvgIpc) is 2.51. The first-order chi connectivity index (χ1) is 6.72.